The lowest BCUT2D eigenvalue weighted by molar-refractivity contribution is 0.114. The topological polar surface area (TPSA) is 61.1 Å². The predicted octanol–water partition coefficient (Wildman–Crippen LogP) is 3.95. The van der Waals surface area contributed by atoms with Crippen LogP contribution in [0.2, 0.25) is 0 Å². The summed E-state index contributed by atoms with van der Waals surface area (Å²) >= 11 is 0. The van der Waals surface area contributed by atoms with Gasteiger partial charge in [0.05, 0.1) is 14.2 Å². The maximum absolute atomic E-state index is 12.7. The van der Waals surface area contributed by atoms with Gasteiger partial charge in [0.25, 0.3) is 0 Å². The monoisotopic (exact) mass is 395 g/mol. The number of benzene rings is 2. The standard InChI is InChI=1S/C23H25NO5/c1-24-10-8-17(9-11-24)28-16-6-4-15(5-7-16)20-14-19(25)23-21(27-3)12-18(26-2)13-22(23)29-20/h4-7,12-14,17H,8-11H2,1-3H3. The van der Waals surface area contributed by atoms with E-state index in [0.29, 0.717) is 28.2 Å². The van der Waals surface area contributed by atoms with E-state index in [9.17, 15) is 4.79 Å². The summed E-state index contributed by atoms with van der Waals surface area (Å²) in [5.74, 6) is 2.32. The van der Waals surface area contributed by atoms with Gasteiger partial charge in [-0.25, -0.2) is 0 Å². The van der Waals surface area contributed by atoms with Crippen LogP contribution in [-0.2, 0) is 0 Å². The van der Waals surface area contributed by atoms with Crippen molar-refractivity contribution in [3.63, 3.8) is 0 Å². The third-order valence-corrected chi connectivity index (χ3v) is 5.33. The van der Waals surface area contributed by atoms with E-state index in [2.05, 4.69) is 11.9 Å². The largest absolute Gasteiger partial charge is 0.496 e. The molecule has 2 aromatic carbocycles. The molecule has 0 atom stereocenters. The zero-order valence-corrected chi connectivity index (χ0v) is 16.9. The van der Waals surface area contributed by atoms with Crippen molar-refractivity contribution in [1.82, 2.24) is 4.90 Å². The third-order valence-electron chi connectivity index (χ3n) is 5.33. The van der Waals surface area contributed by atoms with Crippen LogP contribution in [0.1, 0.15) is 12.8 Å². The van der Waals surface area contributed by atoms with E-state index in [1.807, 2.05) is 24.3 Å². The van der Waals surface area contributed by atoms with Crippen molar-refractivity contribution in [2.24, 2.45) is 0 Å². The first-order valence-corrected chi connectivity index (χ1v) is 9.73. The van der Waals surface area contributed by atoms with Crippen LogP contribution in [0.4, 0.5) is 0 Å². The summed E-state index contributed by atoms with van der Waals surface area (Å²) < 4.78 is 22.7. The fourth-order valence-corrected chi connectivity index (χ4v) is 3.64. The maximum Gasteiger partial charge on any atom is 0.197 e. The Bertz CT molecular complexity index is 1050. The van der Waals surface area contributed by atoms with Gasteiger partial charge >= 0.3 is 0 Å². The predicted molar refractivity (Wildman–Crippen MR) is 112 cm³/mol. The fourth-order valence-electron chi connectivity index (χ4n) is 3.64. The average molecular weight is 395 g/mol. The van der Waals surface area contributed by atoms with Crippen LogP contribution in [0.25, 0.3) is 22.3 Å². The smallest absolute Gasteiger partial charge is 0.197 e. The third kappa shape index (κ3) is 4.07. The van der Waals surface area contributed by atoms with E-state index in [4.69, 9.17) is 18.6 Å². The first-order chi connectivity index (χ1) is 14.1. The molecule has 1 aliphatic rings. The number of hydrogen-bond donors (Lipinski definition) is 0. The van der Waals surface area contributed by atoms with Gasteiger partial charge in [-0.15, -0.1) is 0 Å². The molecule has 4 rings (SSSR count). The number of fused-ring (bicyclic) bond motifs is 1. The second-order valence-electron chi connectivity index (χ2n) is 7.32. The van der Waals surface area contributed by atoms with Crippen molar-refractivity contribution in [2.75, 3.05) is 34.4 Å². The van der Waals surface area contributed by atoms with Gasteiger partial charge in [0.1, 0.15) is 40.1 Å². The summed E-state index contributed by atoms with van der Waals surface area (Å²) in [6.45, 7) is 2.11. The molecule has 29 heavy (non-hydrogen) atoms. The van der Waals surface area contributed by atoms with Gasteiger partial charge in [-0.2, -0.15) is 0 Å². The van der Waals surface area contributed by atoms with Gasteiger partial charge in [-0.1, -0.05) is 0 Å². The maximum atomic E-state index is 12.7. The Morgan fingerprint density at radius 2 is 1.69 bits per heavy atom. The molecule has 0 unspecified atom stereocenters. The lowest BCUT2D eigenvalue weighted by Crippen LogP contribution is -2.35. The lowest BCUT2D eigenvalue weighted by Gasteiger charge is -2.29. The van der Waals surface area contributed by atoms with E-state index < -0.39 is 0 Å². The van der Waals surface area contributed by atoms with Gasteiger partial charge in [0, 0.05) is 36.9 Å². The van der Waals surface area contributed by atoms with Crippen molar-refractivity contribution >= 4 is 11.0 Å². The van der Waals surface area contributed by atoms with Gasteiger partial charge in [0.2, 0.25) is 0 Å². The normalized spacial score (nSPS) is 15.4. The summed E-state index contributed by atoms with van der Waals surface area (Å²) in [4.78, 5) is 15.0. The minimum atomic E-state index is -0.160. The van der Waals surface area contributed by atoms with E-state index >= 15 is 0 Å². The molecule has 0 saturated carbocycles. The number of likely N-dealkylation sites (tertiary alicyclic amines) is 1. The zero-order chi connectivity index (χ0) is 20.4. The van der Waals surface area contributed by atoms with Gasteiger partial charge in [0.15, 0.2) is 5.43 Å². The molecule has 1 saturated heterocycles. The van der Waals surface area contributed by atoms with E-state index in [0.717, 1.165) is 37.2 Å². The van der Waals surface area contributed by atoms with E-state index in [1.54, 1.807) is 19.2 Å². The Labute approximate surface area is 169 Å². The minimum absolute atomic E-state index is 0.160. The summed E-state index contributed by atoms with van der Waals surface area (Å²) in [6.07, 6.45) is 2.30. The van der Waals surface area contributed by atoms with Gasteiger partial charge in [-0.3, -0.25) is 4.79 Å². The molecule has 0 bridgehead atoms. The summed E-state index contributed by atoms with van der Waals surface area (Å²) in [5, 5.41) is 0.402. The molecule has 0 radical (unpaired) electrons. The SMILES string of the molecule is COc1cc(OC)c2c(=O)cc(-c3ccc(OC4CCN(C)CC4)cc3)oc2c1. The summed E-state index contributed by atoms with van der Waals surface area (Å²) in [7, 11) is 5.21. The van der Waals surface area contributed by atoms with Crippen LogP contribution in [0, 0.1) is 0 Å². The van der Waals surface area contributed by atoms with Gasteiger partial charge in [-0.05, 0) is 44.2 Å². The molecule has 0 N–H and O–H groups in total. The number of methoxy groups -OCH3 is 2. The van der Waals surface area contributed by atoms with Crippen LogP contribution in [0.5, 0.6) is 17.2 Å². The molecule has 0 aliphatic carbocycles. The minimum Gasteiger partial charge on any atom is -0.496 e. The Kier molecular flexibility index (Phi) is 5.45. The number of hydrogen-bond acceptors (Lipinski definition) is 6. The Morgan fingerprint density at radius 3 is 2.34 bits per heavy atom. The lowest BCUT2D eigenvalue weighted by atomic mass is 10.1. The van der Waals surface area contributed by atoms with Crippen LogP contribution in [0.3, 0.4) is 0 Å². The highest BCUT2D eigenvalue weighted by Crippen LogP contribution is 2.32. The molecule has 2 heterocycles. The summed E-state index contributed by atoms with van der Waals surface area (Å²) in [6, 6.07) is 12.5. The second kappa shape index (κ2) is 8.17. The molecule has 1 aromatic heterocycles. The molecular formula is C23H25NO5. The second-order valence-corrected chi connectivity index (χ2v) is 7.32. The molecule has 152 valence electrons. The molecule has 6 nitrogen and oxygen atoms in total. The average Bonchev–Trinajstić information content (AvgIpc) is 2.74. The highest BCUT2D eigenvalue weighted by Gasteiger charge is 2.18. The molecule has 6 heteroatoms. The molecule has 0 amide bonds. The van der Waals surface area contributed by atoms with Gasteiger partial charge < -0.3 is 23.5 Å². The molecule has 3 aromatic rings. The van der Waals surface area contributed by atoms with Crippen molar-refractivity contribution in [2.45, 2.75) is 18.9 Å². The molecular weight excluding hydrogens is 370 g/mol. The fraction of sp³-hybridized carbons (Fsp3) is 0.348. The molecule has 1 fully saturated rings. The first-order valence-electron chi connectivity index (χ1n) is 9.73. The Morgan fingerprint density at radius 1 is 0.966 bits per heavy atom. The number of nitrogens with zero attached hydrogens (tertiary/aromatic N) is 1. The number of ether oxygens (including phenoxy) is 3. The number of piperidine rings is 1. The van der Waals surface area contributed by atoms with E-state index in [1.165, 1.54) is 13.2 Å². The molecule has 1 aliphatic heterocycles. The van der Waals surface area contributed by atoms with E-state index in [-0.39, 0.29) is 11.5 Å². The zero-order valence-electron chi connectivity index (χ0n) is 16.9. The summed E-state index contributed by atoms with van der Waals surface area (Å²) in [5.41, 5.74) is 1.07. The molecule has 0 spiro atoms. The first kappa shape index (κ1) is 19.3. The highest BCUT2D eigenvalue weighted by atomic mass is 16.5. The van der Waals surface area contributed by atoms with Crippen molar-refractivity contribution < 1.29 is 18.6 Å². The van der Waals surface area contributed by atoms with Crippen molar-refractivity contribution in [3.8, 4) is 28.6 Å². The highest BCUT2D eigenvalue weighted by molar-refractivity contribution is 5.86. The van der Waals surface area contributed by atoms with Crippen LogP contribution < -0.4 is 19.6 Å². The number of rotatable bonds is 5. The Hall–Kier alpha value is -2.99. The van der Waals surface area contributed by atoms with Crippen LogP contribution >= 0.6 is 0 Å². The van der Waals surface area contributed by atoms with Crippen molar-refractivity contribution in [3.05, 3.63) is 52.7 Å². The quantitative estimate of drug-likeness (QED) is 0.652. The Balaban J connectivity index is 1.61. The van der Waals surface area contributed by atoms with Crippen LogP contribution in [0.15, 0.2) is 51.7 Å². The van der Waals surface area contributed by atoms with Crippen LogP contribution in [-0.4, -0.2) is 45.4 Å². The van der Waals surface area contributed by atoms with Crippen molar-refractivity contribution in [1.29, 1.82) is 0 Å².